The fourth-order valence-electron chi connectivity index (χ4n) is 2.09. The van der Waals surface area contributed by atoms with E-state index in [9.17, 15) is 4.79 Å². The molecule has 0 saturated heterocycles. The Balaban J connectivity index is 2.13. The summed E-state index contributed by atoms with van der Waals surface area (Å²) in [7, 11) is 3.13. The molecule has 0 fully saturated rings. The molecule has 2 aromatic rings. The van der Waals surface area contributed by atoms with Crippen LogP contribution in [0.4, 0.5) is 0 Å². The molecule has 0 aliphatic carbocycles. The lowest BCUT2D eigenvalue weighted by Crippen LogP contribution is -2.27. The van der Waals surface area contributed by atoms with Gasteiger partial charge in [0.05, 0.1) is 18.2 Å². The topological polar surface area (TPSA) is 56.8 Å². The van der Waals surface area contributed by atoms with E-state index in [2.05, 4.69) is 21.2 Å². The standard InChI is InChI=1S/C18H20BrNO4/c1-22-9-8-20-18(21)14-10-15(19)17(16(11-14)23-2)24-12-13-6-4-3-5-7-13/h3-7,10-11H,8-9,12H2,1-2H3,(H,20,21). The average Bonchev–Trinajstić information content (AvgIpc) is 2.61. The second kappa shape index (κ2) is 9.30. The smallest absolute Gasteiger partial charge is 0.251 e. The molecule has 0 bridgehead atoms. The maximum Gasteiger partial charge on any atom is 0.251 e. The van der Waals surface area contributed by atoms with Gasteiger partial charge in [-0.3, -0.25) is 4.79 Å². The van der Waals surface area contributed by atoms with Gasteiger partial charge in [-0.1, -0.05) is 30.3 Å². The summed E-state index contributed by atoms with van der Waals surface area (Å²) >= 11 is 3.45. The van der Waals surface area contributed by atoms with E-state index in [0.29, 0.717) is 41.3 Å². The number of amides is 1. The molecular weight excluding hydrogens is 374 g/mol. The Morgan fingerprint density at radius 3 is 2.58 bits per heavy atom. The highest BCUT2D eigenvalue weighted by Gasteiger charge is 2.15. The third kappa shape index (κ3) is 4.97. The number of carbonyl (C=O) groups is 1. The Bertz CT molecular complexity index is 676. The Labute approximate surface area is 150 Å². The quantitative estimate of drug-likeness (QED) is 0.698. The molecule has 1 N–H and O–H groups in total. The molecule has 6 heteroatoms. The largest absolute Gasteiger partial charge is 0.493 e. The van der Waals surface area contributed by atoms with Crippen molar-refractivity contribution in [2.24, 2.45) is 0 Å². The van der Waals surface area contributed by atoms with Crippen LogP contribution in [0.1, 0.15) is 15.9 Å². The highest BCUT2D eigenvalue weighted by atomic mass is 79.9. The number of benzene rings is 2. The first-order valence-corrected chi connectivity index (χ1v) is 8.26. The molecule has 2 rings (SSSR count). The van der Waals surface area contributed by atoms with Crippen LogP contribution in [0.2, 0.25) is 0 Å². The first-order chi connectivity index (χ1) is 11.7. The number of hydrogen-bond acceptors (Lipinski definition) is 4. The third-order valence-corrected chi connectivity index (χ3v) is 3.90. The van der Waals surface area contributed by atoms with Crippen LogP contribution >= 0.6 is 15.9 Å². The van der Waals surface area contributed by atoms with Crippen LogP contribution in [0, 0.1) is 0 Å². The zero-order valence-corrected chi connectivity index (χ0v) is 15.3. The molecule has 0 aliphatic rings. The molecule has 1 amide bonds. The molecule has 0 heterocycles. The fraction of sp³-hybridized carbons (Fsp3) is 0.278. The summed E-state index contributed by atoms with van der Waals surface area (Å²) in [5.41, 5.74) is 1.54. The van der Waals surface area contributed by atoms with Crippen LogP contribution in [0.5, 0.6) is 11.5 Å². The monoisotopic (exact) mass is 393 g/mol. The van der Waals surface area contributed by atoms with Crippen molar-refractivity contribution in [3.8, 4) is 11.5 Å². The lowest BCUT2D eigenvalue weighted by molar-refractivity contribution is 0.0936. The Kier molecular flexibility index (Phi) is 7.08. The van der Waals surface area contributed by atoms with E-state index in [-0.39, 0.29) is 5.91 Å². The number of halogens is 1. The average molecular weight is 394 g/mol. The lowest BCUT2D eigenvalue weighted by Gasteiger charge is -2.14. The second-order valence-electron chi connectivity index (χ2n) is 5.01. The van der Waals surface area contributed by atoms with E-state index < -0.39 is 0 Å². The molecule has 128 valence electrons. The molecule has 2 aromatic carbocycles. The summed E-state index contributed by atoms with van der Waals surface area (Å²) in [6.07, 6.45) is 0. The second-order valence-corrected chi connectivity index (χ2v) is 5.87. The predicted molar refractivity (Wildman–Crippen MR) is 95.7 cm³/mol. The highest BCUT2D eigenvalue weighted by molar-refractivity contribution is 9.10. The van der Waals surface area contributed by atoms with Crippen LogP contribution in [0.15, 0.2) is 46.9 Å². The predicted octanol–water partition coefficient (Wildman–Crippen LogP) is 3.41. The summed E-state index contributed by atoms with van der Waals surface area (Å²) in [6, 6.07) is 13.2. The van der Waals surface area contributed by atoms with Gasteiger partial charge in [-0.2, -0.15) is 0 Å². The molecule has 5 nitrogen and oxygen atoms in total. The van der Waals surface area contributed by atoms with Crippen LogP contribution in [0.3, 0.4) is 0 Å². The van der Waals surface area contributed by atoms with Gasteiger partial charge in [-0.15, -0.1) is 0 Å². The van der Waals surface area contributed by atoms with Crippen molar-refractivity contribution in [3.05, 3.63) is 58.1 Å². The summed E-state index contributed by atoms with van der Waals surface area (Å²) in [5, 5.41) is 2.77. The van der Waals surface area contributed by atoms with Crippen molar-refractivity contribution in [3.63, 3.8) is 0 Å². The van der Waals surface area contributed by atoms with Gasteiger partial charge >= 0.3 is 0 Å². The molecule has 0 spiro atoms. The summed E-state index contributed by atoms with van der Waals surface area (Å²) < 4.78 is 16.8. The van der Waals surface area contributed by atoms with Gasteiger partial charge in [-0.25, -0.2) is 0 Å². The fourth-order valence-corrected chi connectivity index (χ4v) is 2.65. The highest BCUT2D eigenvalue weighted by Crippen LogP contribution is 2.37. The van der Waals surface area contributed by atoms with Crippen molar-refractivity contribution in [2.75, 3.05) is 27.4 Å². The molecule has 0 aromatic heterocycles. The van der Waals surface area contributed by atoms with Gasteiger partial charge in [0.1, 0.15) is 6.61 Å². The minimum Gasteiger partial charge on any atom is -0.493 e. The number of ether oxygens (including phenoxy) is 3. The first kappa shape index (κ1) is 18.3. The Morgan fingerprint density at radius 2 is 1.92 bits per heavy atom. The normalized spacial score (nSPS) is 10.3. The maximum absolute atomic E-state index is 12.1. The van der Waals surface area contributed by atoms with Crippen molar-refractivity contribution >= 4 is 21.8 Å². The van der Waals surface area contributed by atoms with Crippen molar-refractivity contribution < 1.29 is 19.0 Å². The van der Waals surface area contributed by atoms with Gasteiger partial charge in [0.15, 0.2) is 11.5 Å². The zero-order valence-electron chi connectivity index (χ0n) is 13.7. The van der Waals surface area contributed by atoms with Gasteiger partial charge in [0.2, 0.25) is 0 Å². The molecule has 0 saturated carbocycles. The Hall–Kier alpha value is -2.05. The van der Waals surface area contributed by atoms with E-state index in [1.165, 1.54) is 0 Å². The third-order valence-electron chi connectivity index (χ3n) is 3.31. The van der Waals surface area contributed by atoms with Crippen LogP contribution < -0.4 is 14.8 Å². The molecule has 0 aliphatic heterocycles. The van der Waals surface area contributed by atoms with Crippen LogP contribution in [-0.4, -0.2) is 33.3 Å². The van der Waals surface area contributed by atoms with Crippen molar-refractivity contribution in [1.82, 2.24) is 5.32 Å². The van der Waals surface area contributed by atoms with Gasteiger partial charge in [0.25, 0.3) is 5.91 Å². The summed E-state index contributed by atoms with van der Waals surface area (Å²) in [4.78, 5) is 12.1. The van der Waals surface area contributed by atoms with Crippen molar-refractivity contribution in [2.45, 2.75) is 6.61 Å². The molecule has 0 unspecified atom stereocenters. The molecular formula is C18H20BrNO4. The minimum atomic E-state index is -0.194. The van der Waals surface area contributed by atoms with E-state index >= 15 is 0 Å². The van der Waals surface area contributed by atoms with E-state index in [1.54, 1.807) is 26.4 Å². The van der Waals surface area contributed by atoms with Gasteiger partial charge < -0.3 is 19.5 Å². The number of carbonyl (C=O) groups excluding carboxylic acids is 1. The summed E-state index contributed by atoms with van der Waals surface area (Å²) in [5.74, 6) is 0.868. The summed E-state index contributed by atoms with van der Waals surface area (Å²) in [6.45, 7) is 1.32. The zero-order chi connectivity index (χ0) is 17.4. The van der Waals surface area contributed by atoms with E-state index in [1.807, 2.05) is 30.3 Å². The number of rotatable bonds is 8. The lowest BCUT2D eigenvalue weighted by atomic mass is 10.2. The van der Waals surface area contributed by atoms with Crippen molar-refractivity contribution in [1.29, 1.82) is 0 Å². The molecule has 0 atom stereocenters. The van der Waals surface area contributed by atoms with E-state index in [4.69, 9.17) is 14.2 Å². The minimum absolute atomic E-state index is 0.194. The van der Waals surface area contributed by atoms with E-state index in [0.717, 1.165) is 5.56 Å². The van der Waals surface area contributed by atoms with Crippen LogP contribution in [-0.2, 0) is 11.3 Å². The number of methoxy groups -OCH3 is 2. The SMILES string of the molecule is COCCNC(=O)c1cc(Br)c(OCc2ccccc2)c(OC)c1. The number of nitrogens with one attached hydrogen (secondary N) is 1. The molecule has 24 heavy (non-hydrogen) atoms. The van der Waals surface area contributed by atoms with Gasteiger partial charge in [-0.05, 0) is 33.6 Å². The molecule has 0 radical (unpaired) electrons. The number of hydrogen-bond donors (Lipinski definition) is 1. The Morgan fingerprint density at radius 1 is 1.17 bits per heavy atom. The van der Waals surface area contributed by atoms with Crippen LogP contribution in [0.25, 0.3) is 0 Å². The maximum atomic E-state index is 12.1. The first-order valence-electron chi connectivity index (χ1n) is 7.47. The van der Waals surface area contributed by atoms with Gasteiger partial charge in [0, 0.05) is 19.2 Å².